The van der Waals surface area contributed by atoms with Gasteiger partial charge in [0.05, 0.1) is 16.5 Å². The lowest BCUT2D eigenvalue weighted by Crippen LogP contribution is -2.16. The first-order valence-corrected chi connectivity index (χ1v) is 8.91. The van der Waals surface area contributed by atoms with Crippen LogP contribution < -0.4 is 9.47 Å². The van der Waals surface area contributed by atoms with Crippen molar-refractivity contribution in [2.75, 3.05) is 13.2 Å². The molecule has 1 aliphatic heterocycles. The summed E-state index contributed by atoms with van der Waals surface area (Å²) in [6.45, 7) is 0.864. The zero-order valence-corrected chi connectivity index (χ0v) is 13.2. The van der Waals surface area contributed by atoms with Gasteiger partial charge in [-0.3, -0.25) is 4.98 Å². The second-order valence-corrected chi connectivity index (χ2v) is 7.46. The van der Waals surface area contributed by atoms with Crippen molar-refractivity contribution in [3.63, 3.8) is 0 Å². The van der Waals surface area contributed by atoms with Crippen molar-refractivity contribution in [2.45, 2.75) is 11.5 Å². The highest BCUT2D eigenvalue weighted by Gasteiger charge is 2.20. The van der Waals surface area contributed by atoms with Crippen molar-refractivity contribution in [1.29, 1.82) is 0 Å². The summed E-state index contributed by atoms with van der Waals surface area (Å²) in [6, 6.07) is 6.66. The molecule has 116 valence electrons. The smallest absolute Gasteiger partial charge is 0.179 e. The predicted octanol–water partition coefficient (Wildman–Crippen LogP) is 2.62. The van der Waals surface area contributed by atoms with Gasteiger partial charge in [0, 0.05) is 12.4 Å². The Morgan fingerprint density at radius 2 is 1.73 bits per heavy atom. The molecule has 0 aliphatic carbocycles. The summed E-state index contributed by atoms with van der Waals surface area (Å²) in [6.07, 6.45) is 3.15. The van der Waals surface area contributed by atoms with Crippen LogP contribution in [0.5, 0.6) is 11.5 Å². The SMILES string of the molecule is O=S(=O)(Cc1ccncc1)Cc1cc(Cl)c2c(c1)OCCO2. The highest BCUT2D eigenvalue weighted by atomic mass is 35.5. The van der Waals surface area contributed by atoms with Crippen molar-refractivity contribution in [3.8, 4) is 11.5 Å². The fraction of sp³-hybridized carbons (Fsp3) is 0.267. The molecule has 22 heavy (non-hydrogen) atoms. The van der Waals surface area contributed by atoms with E-state index in [1.54, 1.807) is 36.7 Å². The van der Waals surface area contributed by atoms with Crippen LogP contribution in [0.4, 0.5) is 0 Å². The molecule has 0 N–H and O–H groups in total. The molecule has 0 atom stereocenters. The Kier molecular flexibility index (Phi) is 4.22. The zero-order valence-electron chi connectivity index (χ0n) is 11.7. The van der Waals surface area contributed by atoms with Crippen molar-refractivity contribution in [3.05, 3.63) is 52.8 Å². The maximum Gasteiger partial charge on any atom is 0.179 e. The largest absolute Gasteiger partial charge is 0.486 e. The molecule has 0 unspecified atom stereocenters. The molecule has 1 aromatic heterocycles. The molecule has 0 spiro atoms. The van der Waals surface area contributed by atoms with E-state index in [2.05, 4.69) is 4.98 Å². The number of sulfone groups is 1. The summed E-state index contributed by atoms with van der Waals surface area (Å²) in [4.78, 5) is 3.88. The molecule has 7 heteroatoms. The van der Waals surface area contributed by atoms with Crippen LogP contribution in [0, 0.1) is 0 Å². The lowest BCUT2D eigenvalue weighted by atomic mass is 10.2. The maximum absolute atomic E-state index is 12.3. The molecule has 1 aromatic carbocycles. The summed E-state index contributed by atoms with van der Waals surface area (Å²) >= 11 is 6.13. The number of nitrogens with zero attached hydrogens (tertiary/aromatic N) is 1. The Labute approximate surface area is 133 Å². The monoisotopic (exact) mass is 339 g/mol. The van der Waals surface area contributed by atoms with Crippen LogP contribution in [0.2, 0.25) is 5.02 Å². The normalized spacial score (nSPS) is 13.9. The molecular formula is C15H14ClNO4S. The van der Waals surface area contributed by atoms with Crippen molar-refractivity contribution in [1.82, 2.24) is 4.98 Å². The molecular weight excluding hydrogens is 326 g/mol. The molecule has 5 nitrogen and oxygen atoms in total. The van der Waals surface area contributed by atoms with Gasteiger partial charge in [0.2, 0.25) is 0 Å². The molecule has 1 aliphatic rings. The standard InChI is InChI=1S/C15H14ClNO4S/c16-13-7-12(8-14-15(13)21-6-5-20-14)10-22(18,19)9-11-1-3-17-4-2-11/h1-4,7-8H,5-6,9-10H2. The third-order valence-electron chi connectivity index (χ3n) is 3.18. The van der Waals surface area contributed by atoms with Crippen LogP contribution in [0.1, 0.15) is 11.1 Å². The third kappa shape index (κ3) is 3.51. The van der Waals surface area contributed by atoms with E-state index < -0.39 is 9.84 Å². The van der Waals surface area contributed by atoms with Crippen LogP contribution in [-0.2, 0) is 21.3 Å². The number of aromatic nitrogens is 1. The minimum Gasteiger partial charge on any atom is -0.486 e. The van der Waals surface area contributed by atoms with E-state index >= 15 is 0 Å². The first kappa shape index (κ1) is 15.1. The lowest BCUT2D eigenvalue weighted by Gasteiger charge is -2.20. The highest BCUT2D eigenvalue weighted by Crippen LogP contribution is 2.38. The summed E-state index contributed by atoms with van der Waals surface area (Å²) in [5.74, 6) is 0.823. The summed E-state index contributed by atoms with van der Waals surface area (Å²) in [5.41, 5.74) is 1.29. The van der Waals surface area contributed by atoms with Gasteiger partial charge in [-0.25, -0.2) is 8.42 Å². The van der Waals surface area contributed by atoms with Gasteiger partial charge in [0.25, 0.3) is 0 Å². The minimum atomic E-state index is -3.31. The fourth-order valence-corrected chi connectivity index (χ4v) is 4.05. The second kappa shape index (κ2) is 6.14. The molecule has 0 saturated heterocycles. The van der Waals surface area contributed by atoms with Gasteiger partial charge in [0.1, 0.15) is 13.2 Å². The Morgan fingerprint density at radius 1 is 1.05 bits per heavy atom. The first-order valence-electron chi connectivity index (χ1n) is 6.71. The van der Waals surface area contributed by atoms with Crippen LogP contribution in [0.15, 0.2) is 36.7 Å². The lowest BCUT2D eigenvalue weighted by molar-refractivity contribution is 0.171. The molecule has 0 fully saturated rings. The van der Waals surface area contributed by atoms with Gasteiger partial charge in [-0.1, -0.05) is 11.6 Å². The number of halogens is 1. The number of rotatable bonds is 4. The third-order valence-corrected chi connectivity index (χ3v) is 5.01. The Bertz CT molecular complexity index is 778. The van der Waals surface area contributed by atoms with E-state index in [1.165, 1.54) is 0 Å². The topological polar surface area (TPSA) is 65.5 Å². The predicted molar refractivity (Wildman–Crippen MR) is 83.0 cm³/mol. The fourth-order valence-electron chi connectivity index (χ4n) is 2.29. The van der Waals surface area contributed by atoms with E-state index in [-0.39, 0.29) is 11.5 Å². The van der Waals surface area contributed by atoms with Gasteiger partial charge in [0.15, 0.2) is 21.3 Å². The van der Waals surface area contributed by atoms with E-state index in [0.29, 0.717) is 40.9 Å². The molecule has 3 rings (SSSR count). The molecule has 2 aromatic rings. The van der Waals surface area contributed by atoms with E-state index in [4.69, 9.17) is 21.1 Å². The van der Waals surface area contributed by atoms with Gasteiger partial charge >= 0.3 is 0 Å². The Hall–Kier alpha value is -1.79. The van der Waals surface area contributed by atoms with Gasteiger partial charge in [-0.05, 0) is 35.4 Å². The Morgan fingerprint density at radius 3 is 2.50 bits per heavy atom. The van der Waals surface area contributed by atoms with Crippen LogP contribution in [0.25, 0.3) is 0 Å². The average molecular weight is 340 g/mol. The number of hydrogen-bond acceptors (Lipinski definition) is 5. The quantitative estimate of drug-likeness (QED) is 0.856. The molecule has 0 radical (unpaired) electrons. The number of fused-ring (bicyclic) bond motifs is 1. The van der Waals surface area contributed by atoms with Crippen LogP contribution >= 0.6 is 11.6 Å². The van der Waals surface area contributed by atoms with E-state index in [9.17, 15) is 8.42 Å². The molecule has 0 bridgehead atoms. The summed E-state index contributed by atoms with van der Waals surface area (Å²) in [5, 5.41) is 0.367. The van der Waals surface area contributed by atoms with Gasteiger partial charge in [-0.2, -0.15) is 0 Å². The number of benzene rings is 1. The minimum absolute atomic E-state index is 0.0401. The highest BCUT2D eigenvalue weighted by molar-refractivity contribution is 7.89. The van der Waals surface area contributed by atoms with E-state index in [1.807, 2.05) is 0 Å². The molecule has 2 heterocycles. The van der Waals surface area contributed by atoms with Crippen molar-refractivity contribution >= 4 is 21.4 Å². The first-order chi connectivity index (χ1) is 10.5. The van der Waals surface area contributed by atoms with Crippen molar-refractivity contribution < 1.29 is 17.9 Å². The number of ether oxygens (including phenoxy) is 2. The summed E-state index contributed by atoms with van der Waals surface area (Å²) in [7, 11) is -3.31. The van der Waals surface area contributed by atoms with Gasteiger partial charge < -0.3 is 9.47 Å². The average Bonchev–Trinajstić information content (AvgIpc) is 2.47. The van der Waals surface area contributed by atoms with Crippen molar-refractivity contribution in [2.24, 2.45) is 0 Å². The van der Waals surface area contributed by atoms with Gasteiger partial charge in [-0.15, -0.1) is 0 Å². The molecule has 0 amide bonds. The van der Waals surface area contributed by atoms with E-state index in [0.717, 1.165) is 0 Å². The maximum atomic E-state index is 12.3. The number of pyridine rings is 1. The van der Waals surface area contributed by atoms with Crippen LogP contribution in [0.3, 0.4) is 0 Å². The summed E-state index contributed by atoms with van der Waals surface area (Å²) < 4.78 is 35.5. The molecule has 0 saturated carbocycles. The number of hydrogen-bond donors (Lipinski definition) is 0. The second-order valence-electron chi connectivity index (χ2n) is 4.99. The van der Waals surface area contributed by atoms with Crippen LogP contribution in [-0.4, -0.2) is 26.6 Å². The zero-order chi connectivity index (χ0) is 15.6. The Balaban J connectivity index is 1.82.